The lowest BCUT2D eigenvalue weighted by molar-refractivity contribution is 0.119. The van der Waals surface area contributed by atoms with Gasteiger partial charge in [0, 0.05) is 21.2 Å². The molecule has 3 nitrogen and oxygen atoms in total. The monoisotopic (exact) mass is 242 g/mol. The van der Waals surface area contributed by atoms with Gasteiger partial charge in [0.1, 0.15) is 0 Å². The highest BCUT2D eigenvalue weighted by atomic mass is 28.3. The Balaban J connectivity index is 2.18. The van der Waals surface area contributed by atoms with Crippen LogP contribution in [0.4, 0.5) is 0 Å². The molecule has 1 rings (SSSR count). The van der Waals surface area contributed by atoms with Crippen molar-refractivity contribution in [2.45, 2.75) is 51.6 Å². The summed E-state index contributed by atoms with van der Waals surface area (Å²) in [5.74, 6) is 0. The van der Waals surface area contributed by atoms with Gasteiger partial charge in [0.2, 0.25) is 0 Å². The molecule has 1 aliphatic heterocycles. The second-order valence-corrected chi connectivity index (χ2v) is 11.4. The molecule has 0 radical (unpaired) electrons. The molecule has 0 amide bonds. The van der Waals surface area contributed by atoms with Crippen molar-refractivity contribution in [3.63, 3.8) is 0 Å². The van der Waals surface area contributed by atoms with Crippen molar-refractivity contribution in [3.8, 4) is 0 Å². The lowest BCUT2D eigenvalue weighted by atomic mass is 10.1. The van der Waals surface area contributed by atoms with E-state index >= 15 is 0 Å². The van der Waals surface area contributed by atoms with Crippen LogP contribution in [-0.2, 0) is 4.74 Å². The zero-order valence-corrected chi connectivity index (χ0v) is 12.4. The first-order valence-electron chi connectivity index (χ1n) is 6.31. The normalized spacial score (nSPS) is 25.4. The summed E-state index contributed by atoms with van der Waals surface area (Å²) in [4.78, 5) is 6.76. The molecule has 0 bridgehead atoms. The molecule has 0 aliphatic carbocycles. The van der Waals surface area contributed by atoms with Crippen LogP contribution in [0.2, 0.25) is 25.7 Å². The van der Waals surface area contributed by atoms with Gasteiger partial charge in [0.25, 0.3) is 0 Å². The van der Waals surface area contributed by atoms with Crippen LogP contribution in [0.25, 0.3) is 0 Å². The highest BCUT2D eigenvalue weighted by Gasteiger charge is 2.25. The second kappa shape index (κ2) is 5.82. The Bertz CT molecular complexity index is 238. The Labute approximate surface area is 101 Å². The maximum absolute atomic E-state index is 5.75. The Hall–Kier alpha value is -0.353. The number of ether oxygens (including phenoxy) is 1. The first-order chi connectivity index (χ1) is 7.44. The van der Waals surface area contributed by atoms with E-state index in [4.69, 9.17) is 4.74 Å². The van der Waals surface area contributed by atoms with Crippen LogP contribution in [0, 0.1) is 0 Å². The third-order valence-electron chi connectivity index (χ3n) is 3.14. The van der Waals surface area contributed by atoms with Crippen molar-refractivity contribution in [1.82, 2.24) is 4.90 Å². The lowest BCUT2D eigenvalue weighted by Gasteiger charge is -2.23. The fourth-order valence-corrected chi connectivity index (χ4v) is 2.51. The van der Waals surface area contributed by atoms with E-state index in [0.29, 0.717) is 12.1 Å². The molecule has 0 aromatic heterocycles. The van der Waals surface area contributed by atoms with Crippen molar-refractivity contribution >= 4 is 14.4 Å². The van der Waals surface area contributed by atoms with Gasteiger partial charge in [-0.2, -0.15) is 0 Å². The topological polar surface area (TPSA) is 24.8 Å². The van der Waals surface area contributed by atoms with Crippen LogP contribution in [0.5, 0.6) is 0 Å². The summed E-state index contributed by atoms with van der Waals surface area (Å²) in [7, 11) is -0.945. The number of nitrogens with zero attached hydrogens (tertiary/aromatic N) is 2. The molecule has 0 fully saturated rings. The molecular weight excluding hydrogens is 216 g/mol. The molecule has 1 heterocycles. The van der Waals surface area contributed by atoms with Crippen LogP contribution < -0.4 is 0 Å². The SMILES string of the molecule is CCN1C=NC(COCC[Si](C)(C)C)C1C. The molecule has 2 atom stereocenters. The second-order valence-electron chi connectivity index (χ2n) is 5.79. The lowest BCUT2D eigenvalue weighted by Crippen LogP contribution is -2.36. The summed E-state index contributed by atoms with van der Waals surface area (Å²) in [6.45, 7) is 14.2. The zero-order chi connectivity index (χ0) is 12.2. The fourth-order valence-electron chi connectivity index (χ4n) is 1.76. The molecule has 94 valence electrons. The molecule has 16 heavy (non-hydrogen) atoms. The molecule has 2 unspecified atom stereocenters. The minimum absolute atomic E-state index is 0.335. The maximum Gasteiger partial charge on any atom is 0.0950 e. The zero-order valence-electron chi connectivity index (χ0n) is 11.4. The molecule has 0 saturated heterocycles. The van der Waals surface area contributed by atoms with Crippen molar-refractivity contribution in [1.29, 1.82) is 0 Å². The smallest absolute Gasteiger partial charge is 0.0950 e. The summed E-state index contributed by atoms with van der Waals surface area (Å²) in [6, 6.07) is 2.08. The number of aliphatic imine (C=N–C) groups is 1. The van der Waals surface area contributed by atoms with Crippen LogP contribution in [0.1, 0.15) is 13.8 Å². The van der Waals surface area contributed by atoms with Gasteiger partial charge in [0.15, 0.2) is 0 Å². The van der Waals surface area contributed by atoms with Crippen LogP contribution in [0.15, 0.2) is 4.99 Å². The predicted octanol–water partition coefficient (Wildman–Crippen LogP) is 2.46. The fraction of sp³-hybridized carbons (Fsp3) is 0.917. The Morgan fingerprint density at radius 3 is 2.56 bits per heavy atom. The largest absolute Gasteiger partial charge is 0.379 e. The predicted molar refractivity (Wildman–Crippen MR) is 73.1 cm³/mol. The summed E-state index contributed by atoms with van der Waals surface area (Å²) in [6.07, 6.45) is 1.97. The van der Waals surface area contributed by atoms with Crippen molar-refractivity contribution in [2.24, 2.45) is 4.99 Å². The molecule has 0 aromatic rings. The molecule has 0 spiro atoms. The Morgan fingerprint density at radius 2 is 2.06 bits per heavy atom. The minimum atomic E-state index is -0.945. The van der Waals surface area contributed by atoms with Gasteiger partial charge in [0.05, 0.1) is 25.0 Å². The number of hydrogen-bond donors (Lipinski definition) is 0. The van der Waals surface area contributed by atoms with E-state index in [-0.39, 0.29) is 0 Å². The maximum atomic E-state index is 5.75. The highest BCUT2D eigenvalue weighted by Crippen LogP contribution is 2.14. The van der Waals surface area contributed by atoms with Gasteiger partial charge in [-0.05, 0) is 19.9 Å². The van der Waals surface area contributed by atoms with E-state index in [1.165, 1.54) is 6.04 Å². The van der Waals surface area contributed by atoms with Crippen LogP contribution in [-0.4, -0.2) is 51.2 Å². The molecule has 0 N–H and O–H groups in total. The van der Waals surface area contributed by atoms with E-state index in [1.807, 2.05) is 6.34 Å². The van der Waals surface area contributed by atoms with E-state index < -0.39 is 8.07 Å². The van der Waals surface area contributed by atoms with E-state index in [1.54, 1.807) is 0 Å². The Kier molecular flexibility index (Phi) is 4.99. The van der Waals surface area contributed by atoms with Crippen molar-refractivity contribution < 1.29 is 4.74 Å². The quantitative estimate of drug-likeness (QED) is 0.528. The summed E-state index contributed by atoms with van der Waals surface area (Å²) < 4.78 is 5.75. The summed E-state index contributed by atoms with van der Waals surface area (Å²) in [5, 5.41) is 0. The molecule has 0 aromatic carbocycles. The number of likely N-dealkylation sites (N-methyl/N-ethyl adjacent to an activating group) is 1. The van der Waals surface area contributed by atoms with Gasteiger partial charge in [-0.25, -0.2) is 0 Å². The summed E-state index contributed by atoms with van der Waals surface area (Å²) in [5.41, 5.74) is 0. The Morgan fingerprint density at radius 1 is 1.38 bits per heavy atom. The van der Waals surface area contributed by atoms with Crippen molar-refractivity contribution in [2.75, 3.05) is 19.8 Å². The highest BCUT2D eigenvalue weighted by molar-refractivity contribution is 6.76. The van der Waals surface area contributed by atoms with Gasteiger partial charge >= 0.3 is 0 Å². The van der Waals surface area contributed by atoms with Crippen LogP contribution in [0.3, 0.4) is 0 Å². The van der Waals surface area contributed by atoms with Crippen LogP contribution >= 0.6 is 0 Å². The third kappa shape index (κ3) is 4.26. The molecule has 4 heteroatoms. The number of hydrogen-bond acceptors (Lipinski definition) is 3. The minimum Gasteiger partial charge on any atom is -0.379 e. The third-order valence-corrected chi connectivity index (χ3v) is 4.84. The molecule has 0 saturated carbocycles. The van der Waals surface area contributed by atoms with Gasteiger partial charge in [-0.3, -0.25) is 4.99 Å². The van der Waals surface area contributed by atoms with Gasteiger partial charge < -0.3 is 9.64 Å². The van der Waals surface area contributed by atoms with Gasteiger partial charge in [-0.15, -0.1) is 0 Å². The first-order valence-corrected chi connectivity index (χ1v) is 10.0. The summed E-state index contributed by atoms with van der Waals surface area (Å²) >= 11 is 0. The van der Waals surface area contributed by atoms with Crippen molar-refractivity contribution in [3.05, 3.63) is 0 Å². The van der Waals surface area contributed by atoms with E-state index in [9.17, 15) is 0 Å². The van der Waals surface area contributed by atoms with E-state index in [0.717, 1.165) is 19.8 Å². The van der Waals surface area contributed by atoms with E-state index in [2.05, 4.69) is 43.4 Å². The standard InChI is InChI=1S/C12H26N2OSi/c1-6-14-10-13-12(11(14)2)9-15-7-8-16(3,4)5/h10-12H,6-9H2,1-5H3. The molecule has 1 aliphatic rings. The molecular formula is C12H26N2OSi. The number of rotatable bonds is 6. The van der Waals surface area contributed by atoms with Gasteiger partial charge in [-0.1, -0.05) is 19.6 Å². The average Bonchev–Trinajstić information content (AvgIpc) is 2.53. The first kappa shape index (κ1) is 13.7. The average molecular weight is 242 g/mol.